The van der Waals surface area contributed by atoms with Crippen molar-refractivity contribution in [2.24, 2.45) is 0 Å². The predicted molar refractivity (Wildman–Crippen MR) is 121 cm³/mol. The summed E-state index contributed by atoms with van der Waals surface area (Å²) >= 11 is 0. The zero-order valence-corrected chi connectivity index (χ0v) is 17.6. The number of rotatable bonds is 8. The number of aromatic amines is 1. The summed E-state index contributed by atoms with van der Waals surface area (Å²) in [5, 5.41) is 0. The number of nitrogens with zero attached hydrogens (tertiary/aromatic N) is 2. The van der Waals surface area contributed by atoms with Crippen LogP contribution in [0.2, 0.25) is 0 Å². The predicted octanol–water partition coefficient (Wildman–Crippen LogP) is 2.77. The second-order valence-electron chi connectivity index (χ2n) is 7.08. The van der Waals surface area contributed by atoms with Crippen LogP contribution in [0.3, 0.4) is 0 Å². The maximum Gasteiger partial charge on any atom is 0.330 e. The van der Waals surface area contributed by atoms with E-state index in [1.165, 1.54) is 16.6 Å². The van der Waals surface area contributed by atoms with E-state index in [2.05, 4.69) is 4.98 Å². The van der Waals surface area contributed by atoms with Gasteiger partial charge in [0.1, 0.15) is 11.6 Å². The third kappa shape index (κ3) is 4.69. The summed E-state index contributed by atoms with van der Waals surface area (Å²) in [6.07, 6.45) is 1.54. The summed E-state index contributed by atoms with van der Waals surface area (Å²) in [4.78, 5) is 42.4. The van der Waals surface area contributed by atoms with Crippen molar-refractivity contribution in [2.75, 3.05) is 17.7 Å². The minimum atomic E-state index is -0.713. The summed E-state index contributed by atoms with van der Waals surface area (Å²) in [5.74, 6) is -0.125. The van der Waals surface area contributed by atoms with E-state index in [1.54, 1.807) is 24.3 Å². The molecule has 8 nitrogen and oxygen atoms in total. The van der Waals surface area contributed by atoms with Crippen molar-refractivity contribution in [1.82, 2.24) is 9.55 Å². The highest BCUT2D eigenvalue weighted by molar-refractivity contribution is 6.08. The number of nitrogens with one attached hydrogen (secondary N) is 1. The van der Waals surface area contributed by atoms with Crippen LogP contribution in [-0.2, 0) is 13.1 Å². The van der Waals surface area contributed by atoms with E-state index >= 15 is 0 Å². The van der Waals surface area contributed by atoms with E-state index in [0.29, 0.717) is 18.7 Å². The number of ether oxygens (including phenoxy) is 1. The molecule has 2 aromatic carbocycles. The van der Waals surface area contributed by atoms with Crippen LogP contribution in [0.15, 0.2) is 64.2 Å². The molecule has 8 heteroatoms. The Balaban J connectivity index is 2.18. The number of carbonyl (C=O) groups is 1. The molecule has 0 bridgehead atoms. The van der Waals surface area contributed by atoms with Crippen LogP contribution in [0.5, 0.6) is 5.75 Å². The molecule has 0 atom stereocenters. The van der Waals surface area contributed by atoms with Crippen LogP contribution in [0, 0.1) is 0 Å². The zero-order chi connectivity index (χ0) is 22.4. The van der Waals surface area contributed by atoms with Gasteiger partial charge in [0.2, 0.25) is 0 Å². The number of benzene rings is 2. The lowest BCUT2D eigenvalue weighted by atomic mass is 10.1. The molecule has 0 aliphatic carbocycles. The highest BCUT2D eigenvalue weighted by atomic mass is 16.5. The van der Waals surface area contributed by atoms with Crippen molar-refractivity contribution in [2.45, 2.75) is 32.9 Å². The Morgan fingerprint density at radius 1 is 1.10 bits per heavy atom. The zero-order valence-electron chi connectivity index (χ0n) is 17.6. The van der Waals surface area contributed by atoms with Crippen LogP contribution < -0.4 is 26.6 Å². The molecule has 0 unspecified atom stereocenters. The van der Waals surface area contributed by atoms with Gasteiger partial charge in [-0.15, -0.1) is 0 Å². The molecular formula is C23H26N4O4. The lowest BCUT2D eigenvalue weighted by Crippen LogP contribution is -2.41. The number of methoxy groups -OCH3 is 1. The van der Waals surface area contributed by atoms with Crippen molar-refractivity contribution in [3.05, 3.63) is 86.6 Å². The SMILES string of the molecule is CCCCn1c(N)c(N(Cc2ccccc2)C(=O)c2ccccc2OC)c(=O)[nH]c1=O. The molecule has 1 aromatic heterocycles. The van der Waals surface area contributed by atoms with E-state index < -0.39 is 17.2 Å². The first-order valence-corrected chi connectivity index (χ1v) is 10.1. The monoisotopic (exact) mass is 422 g/mol. The number of nitrogen functional groups attached to an aromatic ring is 1. The average molecular weight is 422 g/mol. The van der Waals surface area contributed by atoms with Gasteiger partial charge in [0.25, 0.3) is 11.5 Å². The average Bonchev–Trinajstić information content (AvgIpc) is 2.78. The summed E-state index contributed by atoms with van der Waals surface area (Å²) in [6.45, 7) is 2.42. The fourth-order valence-corrected chi connectivity index (χ4v) is 3.36. The minimum Gasteiger partial charge on any atom is -0.496 e. The van der Waals surface area contributed by atoms with Gasteiger partial charge in [-0.25, -0.2) is 4.79 Å². The van der Waals surface area contributed by atoms with E-state index in [-0.39, 0.29) is 23.6 Å². The fraction of sp³-hybridized carbons (Fsp3) is 0.261. The molecular weight excluding hydrogens is 396 g/mol. The van der Waals surface area contributed by atoms with Crippen molar-refractivity contribution in [3.63, 3.8) is 0 Å². The largest absolute Gasteiger partial charge is 0.496 e. The van der Waals surface area contributed by atoms with Gasteiger partial charge in [0, 0.05) is 6.54 Å². The number of H-pyrrole nitrogens is 1. The van der Waals surface area contributed by atoms with Gasteiger partial charge in [0.05, 0.1) is 19.2 Å². The lowest BCUT2D eigenvalue weighted by molar-refractivity contribution is 0.0982. The van der Waals surface area contributed by atoms with Gasteiger partial charge in [-0.2, -0.15) is 0 Å². The number of unbranched alkanes of at least 4 members (excludes halogenated alkanes) is 1. The molecule has 0 spiro atoms. The Bertz CT molecular complexity index is 1170. The molecule has 0 fully saturated rings. The first-order valence-electron chi connectivity index (χ1n) is 10.1. The number of para-hydroxylation sites is 1. The molecule has 0 aliphatic rings. The molecule has 0 radical (unpaired) electrons. The van der Waals surface area contributed by atoms with Gasteiger partial charge >= 0.3 is 5.69 Å². The van der Waals surface area contributed by atoms with E-state index in [1.807, 2.05) is 37.3 Å². The third-order valence-electron chi connectivity index (χ3n) is 4.99. The van der Waals surface area contributed by atoms with Gasteiger partial charge in [-0.05, 0) is 24.1 Å². The highest BCUT2D eigenvalue weighted by Crippen LogP contribution is 2.26. The Morgan fingerprint density at radius 3 is 2.45 bits per heavy atom. The molecule has 0 saturated heterocycles. The molecule has 31 heavy (non-hydrogen) atoms. The molecule has 0 aliphatic heterocycles. The molecule has 3 N–H and O–H groups in total. The van der Waals surface area contributed by atoms with Crippen LogP contribution in [0.4, 0.5) is 11.5 Å². The summed E-state index contributed by atoms with van der Waals surface area (Å²) in [6, 6.07) is 16.0. The number of aromatic nitrogens is 2. The van der Waals surface area contributed by atoms with Crippen molar-refractivity contribution < 1.29 is 9.53 Å². The normalized spacial score (nSPS) is 10.6. The van der Waals surface area contributed by atoms with Gasteiger partial charge < -0.3 is 10.5 Å². The number of hydrogen-bond acceptors (Lipinski definition) is 5. The Labute approximate surface area is 179 Å². The standard InChI is InChI=1S/C23H26N4O4/c1-3-4-14-26-20(24)19(21(28)25-23(26)30)27(15-16-10-6-5-7-11-16)22(29)17-12-8-9-13-18(17)31-2/h5-13H,3-4,14-15,24H2,1-2H3,(H,25,28,30). The molecule has 0 saturated carbocycles. The number of nitrogens with two attached hydrogens (primary N) is 1. The van der Waals surface area contributed by atoms with Gasteiger partial charge in [0.15, 0.2) is 5.69 Å². The Kier molecular flexibility index (Phi) is 6.92. The van der Waals surface area contributed by atoms with Crippen molar-refractivity contribution >= 4 is 17.4 Å². The molecule has 1 heterocycles. The maximum absolute atomic E-state index is 13.6. The first-order chi connectivity index (χ1) is 15.0. The third-order valence-corrected chi connectivity index (χ3v) is 4.99. The number of carbonyl (C=O) groups excluding carboxylic acids is 1. The van der Waals surface area contributed by atoms with Crippen molar-refractivity contribution in [3.8, 4) is 5.75 Å². The minimum absolute atomic E-state index is 0.0404. The highest BCUT2D eigenvalue weighted by Gasteiger charge is 2.27. The molecule has 3 rings (SSSR count). The summed E-state index contributed by atoms with van der Waals surface area (Å²) in [5.41, 5.74) is 6.00. The fourth-order valence-electron chi connectivity index (χ4n) is 3.36. The van der Waals surface area contributed by atoms with Gasteiger partial charge in [-0.3, -0.25) is 24.0 Å². The lowest BCUT2D eigenvalue weighted by Gasteiger charge is -2.25. The topological polar surface area (TPSA) is 110 Å². The van der Waals surface area contributed by atoms with E-state index in [9.17, 15) is 14.4 Å². The number of hydrogen-bond donors (Lipinski definition) is 2. The second-order valence-corrected chi connectivity index (χ2v) is 7.08. The van der Waals surface area contributed by atoms with E-state index in [0.717, 1.165) is 12.0 Å². The van der Waals surface area contributed by atoms with Crippen LogP contribution in [-0.4, -0.2) is 22.6 Å². The van der Waals surface area contributed by atoms with Crippen LogP contribution >= 0.6 is 0 Å². The first kappa shape index (κ1) is 21.9. The maximum atomic E-state index is 13.6. The molecule has 1 amide bonds. The van der Waals surface area contributed by atoms with E-state index in [4.69, 9.17) is 10.5 Å². The van der Waals surface area contributed by atoms with Crippen molar-refractivity contribution in [1.29, 1.82) is 0 Å². The Morgan fingerprint density at radius 2 is 1.77 bits per heavy atom. The number of anilines is 2. The Hall–Kier alpha value is -3.81. The smallest absolute Gasteiger partial charge is 0.330 e. The number of amides is 1. The summed E-state index contributed by atoms with van der Waals surface area (Å²) < 4.78 is 6.64. The van der Waals surface area contributed by atoms with Gasteiger partial charge in [-0.1, -0.05) is 55.8 Å². The van der Waals surface area contributed by atoms with Crippen LogP contribution in [0.1, 0.15) is 35.7 Å². The quantitative estimate of drug-likeness (QED) is 0.580. The molecule has 162 valence electrons. The molecule has 3 aromatic rings. The summed E-state index contributed by atoms with van der Waals surface area (Å²) in [7, 11) is 1.47. The van der Waals surface area contributed by atoms with Crippen LogP contribution in [0.25, 0.3) is 0 Å². The second kappa shape index (κ2) is 9.80.